The molecule has 0 fully saturated rings. The van der Waals surface area contributed by atoms with Crippen molar-refractivity contribution in [3.05, 3.63) is 47.9 Å². The first kappa shape index (κ1) is 12.5. The lowest BCUT2D eigenvalue weighted by molar-refractivity contribution is 0.311. The van der Waals surface area contributed by atoms with Gasteiger partial charge in [0.1, 0.15) is 11.6 Å². The molecule has 0 saturated heterocycles. The molecule has 3 nitrogen and oxygen atoms in total. The Hall–Kier alpha value is -1.94. The van der Waals surface area contributed by atoms with Crippen molar-refractivity contribution in [2.24, 2.45) is 0 Å². The predicted molar refractivity (Wildman–Crippen MR) is 69.9 cm³/mol. The fraction of sp³-hybridized carbons (Fsp3) is 0.214. The molecule has 94 valence electrons. The largest absolute Gasteiger partial charge is 0.395 e. The Morgan fingerprint density at radius 2 is 2.11 bits per heavy atom. The van der Waals surface area contributed by atoms with Crippen LogP contribution in [0.25, 0.3) is 11.1 Å². The van der Waals surface area contributed by atoms with Crippen LogP contribution in [0.5, 0.6) is 0 Å². The third-order valence-electron chi connectivity index (χ3n) is 2.68. The molecule has 0 unspecified atom stereocenters. The summed E-state index contributed by atoms with van der Waals surface area (Å²) in [6.07, 6.45) is 1.69. The molecule has 4 heteroatoms. The Morgan fingerprint density at radius 3 is 2.83 bits per heavy atom. The van der Waals surface area contributed by atoms with E-state index >= 15 is 0 Å². The highest BCUT2D eigenvalue weighted by molar-refractivity contribution is 5.69. The minimum absolute atomic E-state index is 0.0570. The van der Waals surface area contributed by atoms with Gasteiger partial charge in [0.2, 0.25) is 0 Å². The van der Waals surface area contributed by atoms with Crippen molar-refractivity contribution in [3.8, 4) is 11.1 Å². The van der Waals surface area contributed by atoms with Crippen LogP contribution in [0.15, 0.2) is 36.5 Å². The summed E-state index contributed by atoms with van der Waals surface area (Å²) in [7, 11) is 0. The number of hydrogen-bond acceptors (Lipinski definition) is 3. The Labute approximate surface area is 105 Å². The molecule has 2 aromatic rings. The molecule has 0 amide bonds. The van der Waals surface area contributed by atoms with Crippen LogP contribution in [0.3, 0.4) is 0 Å². The van der Waals surface area contributed by atoms with E-state index < -0.39 is 0 Å². The lowest BCUT2D eigenvalue weighted by atomic mass is 10.0. The van der Waals surface area contributed by atoms with Gasteiger partial charge >= 0.3 is 0 Å². The van der Waals surface area contributed by atoms with Crippen LogP contribution in [-0.2, 0) is 0 Å². The third-order valence-corrected chi connectivity index (χ3v) is 2.68. The van der Waals surface area contributed by atoms with Crippen LogP contribution in [0, 0.1) is 12.7 Å². The Kier molecular flexibility index (Phi) is 3.89. The fourth-order valence-corrected chi connectivity index (χ4v) is 1.83. The quantitative estimate of drug-likeness (QED) is 0.871. The molecule has 0 bridgehead atoms. The van der Waals surface area contributed by atoms with Crippen LogP contribution in [0.2, 0.25) is 0 Å². The molecule has 0 aliphatic rings. The number of benzene rings is 1. The van der Waals surface area contributed by atoms with E-state index in [1.54, 1.807) is 12.3 Å². The van der Waals surface area contributed by atoms with E-state index in [0.717, 1.165) is 16.7 Å². The van der Waals surface area contributed by atoms with E-state index in [4.69, 9.17) is 5.11 Å². The molecule has 1 aromatic carbocycles. The number of halogens is 1. The van der Waals surface area contributed by atoms with E-state index in [1.165, 1.54) is 12.1 Å². The van der Waals surface area contributed by atoms with Crippen LogP contribution < -0.4 is 5.32 Å². The summed E-state index contributed by atoms with van der Waals surface area (Å²) in [6.45, 7) is 2.39. The van der Waals surface area contributed by atoms with Crippen molar-refractivity contribution in [1.29, 1.82) is 0 Å². The average molecular weight is 246 g/mol. The minimum atomic E-state index is -0.232. The summed E-state index contributed by atoms with van der Waals surface area (Å²) in [6, 6.07) is 8.48. The molecule has 0 atom stereocenters. The Bertz CT molecular complexity index is 543. The molecular weight excluding hydrogens is 231 g/mol. The number of pyridine rings is 1. The van der Waals surface area contributed by atoms with Crippen molar-refractivity contribution >= 4 is 5.82 Å². The first-order valence-electron chi connectivity index (χ1n) is 5.78. The SMILES string of the molecule is Cc1cc(F)ccc1-c1ccnc(NCCO)c1. The highest BCUT2D eigenvalue weighted by Crippen LogP contribution is 2.25. The second-order valence-electron chi connectivity index (χ2n) is 4.04. The van der Waals surface area contributed by atoms with Crippen LogP contribution >= 0.6 is 0 Å². The minimum Gasteiger partial charge on any atom is -0.395 e. The number of anilines is 1. The topological polar surface area (TPSA) is 45.2 Å². The number of nitrogens with one attached hydrogen (secondary N) is 1. The van der Waals surface area contributed by atoms with Gasteiger partial charge in [-0.3, -0.25) is 0 Å². The van der Waals surface area contributed by atoms with Gasteiger partial charge in [-0.25, -0.2) is 9.37 Å². The molecule has 0 spiro atoms. The van der Waals surface area contributed by atoms with Crippen LogP contribution in [0.4, 0.5) is 10.2 Å². The van der Waals surface area contributed by atoms with Crippen LogP contribution in [-0.4, -0.2) is 23.2 Å². The van der Waals surface area contributed by atoms with Crippen molar-refractivity contribution in [2.75, 3.05) is 18.5 Å². The van der Waals surface area contributed by atoms with Gasteiger partial charge in [0.05, 0.1) is 6.61 Å². The molecule has 2 rings (SSSR count). The summed E-state index contributed by atoms with van der Waals surface area (Å²) in [5, 5.41) is 11.8. The van der Waals surface area contributed by atoms with E-state index in [2.05, 4.69) is 10.3 Å². The number of aliphatic hydroxyl groups excluding tert-OH is 1. The zero-order chi connectivity index (χ0) is 13.0. The number of aliphatic hydroxyl groups is 1. The van der Waals surface area contributed by atoms with Crippen molar-refractivity contribution in [2.45, 2.75) is 6.92 Å². The summed E-state index contributed by atoms with van der Waals surface area (Å²) in [4.78, 5) is 4.15. The molecule has 0 aliphatic carbocycles. The lowest BCUT2D eigenvalue weighted by Gasteiger charge is -2.08. The van der Waals surface area contributed by atoms with Gasteiger partial charge in [0.25, 0.3) is 0 Å². The second kappa shape index (κ2) is 5.60. The Balaban J connectivity index is 2.32. The maximum absolute atomic E-state index is 13.1. The molecule has 1 heterocycles. The molecule has 1 aromatic heterocycles. The molecular formula is C14H15FN2O. The zero-order valence-electron chi connectivity index (χ0n) is 10.2. The summed E-state index contributed by atoms with van der Waals surface area (Å²) >= 11 is 0. The lowest BCUT2D eigenvalue weighted by Crippen LogP contribution is -2.06. The first-order chi connectivity index (χ1) is 8.70. The number of aryl methyl sites for hydroxylation is 1. The second-order valence-corrected chi connectivity index (χ2v) is 4.04. The maximum atomic E-state index is 13.1. The molecule has 0 saturated carbocycles. The standard InChI is InChI=1S/C14H15FN2O/c1-10-8-12(15)2-3-13(10)11-4-5-16-14(9-11)17-6-7-18/h2-5,8-9,18H,6-7H2,1H3,(H,16,17). The normalized spacial score (nSPS) is 10.4. The highest BCUT2D eigenvalue weighted by Gasteiger charge is 2.04. The predicted octanol–water partition coefficient (Wildman–Crippen LogP) is 2.60. The van der Waals surface area contributed by atoms with Crippen molar-refractivity contribution in [1.82, 2.24) is 4.98 Å². The monoisotopic (exact) mass is 246 g/mol. The maximum Gasteiger partial charge on any atom is 0.126 e. The number of aromatic nitrogens is 1. The van der Waals surface area contributed by atoms with Crippen LogP contribution in [0.1, 0.15) is 5.56 Å². The first-order valence-corrected chi connectivity index (χ1v) is 5.78. The van der Waals surface area contributed by atoms with Crippen molar-refractivity contribution in [3.63, 3.8) is 0 Å². The number of rotatable bonds is 4. The van der Waals surface area contributed by atoms with Gasteiger partial charge in [-0.2, -0.15) is 0 Å². The average Bonchev–Trinajstić information content (AvgIpc) is 2.36. The molecule has 2 N–H and O–H groups in total. The van der Waals surface area contributed by atoms with E-state index in [0.29, 0.717) is 12.4 Å². The third kappa shape index (κ3) is 2.84. The van der Waals surface area contributed by atoms with E-state index in [1.807, 2.05) is 19.1 Å². The van der Waals surface area contributed by atoms with Gasteiger partial charge in [0.15, 0.2) is 0 Å². The van der Waals surface area contributed by atoms with Gasteiger partial charge < -0.3 is 10.4 Å². The zero-order valence-corrected chi connectivity index (χ0v) is 10.2. The van der Waals surface area contributed by atoms with Gasteiger partial charge in [-0.05, 0) is 47.9 Å². The van der Waals surface area contributed by atoms with E-state index in [9.17, 15) is 4.39 Å². The van der Waals surface area contributed by atoms with E-state index in [-0.39, 0.29) is 12.4 Å². The summed E-state index contributed by atoms with van der Waals surface area (Å²) < 4.78 is 13.1. The van der Waals surface area contributed by atoms with Crippen molar-refractivity contribution < 1.29 is 9.50 Å². The van der Waals surface area contributed by atoms with Gasteiger partial charge in [0, 0.05) is 12.7 Å². The van der Waals surface area contributed by atoms with Gasteiger partial charge in [-0.1, -0.05) is 6.07 Å². The summed E-state index contributed by atoms with van der Waals surface area (Å²) in [5.41, 5.74) is 2.84. The number of nitrogens with zero attached hydrogens (tertiary/aromatic N) is 1. The van der Waals surface area contributed by atoms with Gasteiger partial charge in [-0.15, -0.1) is 0 Å². The number of hydrogen-bond donors (Lipinski definition) is 2. The molecule has 0 aliphatic heterocycles. The summed E-state index contributed by atoms with van der Waals surface area (Å²) in [5.74, 6) is 0.467. The molecule has 0 radical (unpaired) electrons. The smallest absolute Gasteiger partial charge is 0.126 e. The fourth-order valence-electron chi connectivity index (χ4n) is 1.83. The highest BCUT2D eigenvalue weighted by atomic mass is 19.1. The Morgan fingerprint density at radius 1 is 1.28 bits per heavy atom. The molecule has 18 heavy (non-hydrogen) atoms.